The van der Waals surface area contributed by atoms with Crippen LogP contribution in [0.3, 0.4) is 0 Å². The second-order valence-corrected chi connectivity index (χ2v) is 4.83. The Morgan fingerprint density at radius 1 is 1.20 bits per heavy atom. The summed E-state index contributed by atoms with van der Waals surface area (Å²) in [6, 6.07) is 0.934. The lowest BCUT2D eigenvalue weighted by Gasteiger charge is -2.22. The maximum Gasteiger partial charge on any atom is 0.410 e. The average Bonchev–Trinajstić information content (AvgIpc) is 2.97. The van der Waals surface area contributed by atoms with E-state index in [2.05, 4.69) is 0 Å². The van der Waals surface area contributed by atoms with E-state index in [4.69, 9.17) is 4.74 Å². The Balaban J connectivity index is 1.73. The molecule has 0 N–H and O–H groups in total. The highest BCUT2D eigenvalue weighted by atomic mass is 16.5. The van der Waals surface area contributed by atoms with E-state index in [-0.39, 0.29) is 6.09 Å². The summed E-state index contributed by atoms with van der Waals surface area (Å²) in [5, 5.41) is 0. The summed E-state index contributed by atoms with van der Waals surface area (Å²) in [7, 11) is 1.47. The fourth-order valence-electron chi connectivity index (χ4n) is 3.21. The number of carbonyl (C=O) groups is 1. The Labute approximate surface area is 90.1 Å². The minimum atomic E-state index is -0.134. The number of nitrogens with zero attached hydrogens (tertiary/aromatic N) is 1. The van der Waals surface area contributed by atoms with Gasteiger partial charge in [-0.25, -0.2) is 4.79 Å². The summed E-state index contributed by atoms with van der Waals surface area (Å²) in [5.74, 6) is 0. The van der Waals surface area contributed by atoms with Gasteiger partial charge in [0.15, 0.2) is 0 Å². The average molecular weight is 207 g/mol. The summed E-state index contributed by atoms with van der Waals surface area (Å²) < 4.78 is 4.79. The molecule has 3 heteroatoms. The van der Waals surface area contributed by atoms with Gasteiger partial charge in [-0.3, -0.25) is 4.90 Å². The largest absolute Gasteiger partial charge is 0.453 e. The Morgan fingerprint density at radius 3 is 2.20 bits per heavy atom. The van der Waals surface area contributed by atoms with Crippen molar-refractivity contribution in [3.8, 4) is 0 Å². The fraction of sp³-hybridized carbons (Fsp3) is 0.750. The first-order valence-electron chi connectivity index (χ1n) is 5.87. The van der Waals surface area contributed by atoms with Gasteiger partial charge in [-0.2, -0.15) is 0 Å². The van der Waals surface area contributed by atoms with E-state index in [1.54, 1.807) is 11.1 Å². The lowest BCUT2D eigenvalue weighted by molar-refractivity contribution is 0.150. The van der Waals surface area contributed by atoms with Crippen molar-refractivity contribution in [1.29, 1.82) is 0 Å². The molecule has 0 unspecified atom stereocenters. The zero-order valence-electron chi connectivity index (χ0n) is 9.16. The van der Waals surface area contributed by atoms with Crippen LogP contribution in [-0.4, -0.2) is 30.2 Å². The van der Waals surface area contributed by atoms with Crippen molar-refractivity contribution in [2.24, 2.45) is 0 Å². The van der Waals surface area contributed by atoms with Crippen LogP contribution in [-0.2, 0) is 4.74 Å². The van der Waals surface area contributed by atoms with Crippen LogP contribution >= 0.6 is 0 Å². The van der Waals surface area contributed by atoms with Crippen LogP contribution in [0.25, 0.3) is 0 Å². The highest BCUT2D eigenvalue weighted by Gasteiger charge is 2.54. The van der Waals surface area contributed by atoms with Gasteiger partial charge in [0.05, 0.1) is 19.2 Å². The predicted molar refractivity (Wildman–Crippen MR) is 56.5 cm³/mol. The Morgan fingerprint density at radius 2 is 1.73 bits per heavy atom. The third-order valence-electron chi connectivity index (χ3n) is 4.07. The zero-order valence-corrected chi connectivity index (χ0v) is 9.16. The summed E-state index contributed by atoms with van der Waals surface area (Å²) in [5.41, 5.74) is 3.29. The molecule has 0 saturated carbocycles. The van der Waals surface area contributed by atoms with Crippen LogP contribution in [0.4, 0.5) is 4.79 Å². The van der Waals surface area contributed by atoms with Gasteiger partial charge in [-0.05, 0) is 38.5 Å². The first kappa shape index (κ1) is 9.25. The molecule has 2 aliphatic carbocycles. The SMILES string of the molecule is COC(=O)N1[C@@H]2CC3=C(CCCC3)C[C@@H]21. The highest BCUT2D eigenvalue weighted by Crippen LogP contribution is 2.47. The zero-order chi connectivity index (χ0) is 10.4. The molecule has 1 aliphatic heterocycles. The number of amides is 1. The molecule has 0 spiro atoms. The van der Waals surface area contributed by atoms with Crippen molar-refractivity contribution in [2.75, 3.05) is 7.11 Å². The lowest BCUT2D eigenvalue weighted by Crippen LogP contribution is -2.13. The molecule has 0 aromatic heterocycles. The third-order valence-corrected chi connectivity index (χ3v) is 4.07. The minimum Gasteiger partial charge on any atom is -0.453 e. The van der Waals surface area contributed by atoms with Gasteiger partial charge in [-0.15, -0.1) is 0 Å². The molecule has 1 fully saturated rings. The van der Waals surface area contributed by atoms with E-state index in [1.165, 1.54) is 32.8 Å². The third kappa shape index (κ3) is 1.36. The summed E-state index contributed by atoms with van der Waals surface area (Å²) >= 11 is 0. The molecule has 1 saturated heterocycles. The highest BCUT2D eigenvalue weighted by molar-refractivity contribution is 5.72. The molecule has 3 aliphatic rings. The second-order valence-electron chi connectivity index (χ2n) is 4.83. The molecule has 15 heavy (non-hydrogen) atoms. The number of methoxy groups -OCH3 is 1. The maximum atomic E-state index is 11.4. The van der Waals surface area contributed by atoms with Crippen molar-refractivity contribution >= 4 is 6.09 Å². The van der Waals surface area contributed by atoms with E-state index in [0.29, 0.717) is 12.1 Å². The monoisotopic (exact) mass is 207 g/mol. The quantitative estimate of drug-likeness (QED) is 0.451. The maximum absolute atomic E-state index is 11.4. The summed E-state index contributed by atoms with van der Waals surface area (Å²) in [4.78, 5) is 13.3. The summed E-state index contributed by atoms with van der Waals surface area (Å²) in [6.07, 6.45) is 7.33. The molecular weight excluding hydrogens is 190 g/mol. The number of carbonyl (C=O) groups excluding carboxylic acids is 1. The smallest absolute Gasteiger partial charge is 0.410 e. The number of ether oxygens (including phenoxy) is 1. The standard InChI is InChI=1S/C12H17NO2/c1-15-12(14)13-10-6-8-4-2-3-5-9(8)7-11(10)13/h10-11H,2-7H2,1H3/t10-,11+,13?. The molecule has 0 aromatic rings. The molecule has 82 valence electrons. The van der Waals surface area contributed by atoms with Crippen LogP contribution in [0.1, 0.15) is 38.5 Å². The van der Waals surface area contributed by atoms with E-state index in [0.717, 1.165) is 12.8 Å². The van der Waals surface area contributed by atoms with Crippen LogP contribution in [0.15, 0.2) is 11.1 Å². The lowest BCUT2D eigenvalue weighted by atomic mass is 9.82. The van der Waals surface area contributed by atoms with Crippen LogP contribution in [0, 0.1) is 0 Å². The van der Waals surface area contributed by atoms with Crippen molar-refractivity contribution in [3.05, 3.63) is 11.1 Å². The van der Waals surface area contributed by atoms with Crippen LogP contribution in [0.2, 0.25) is 0 Å². The topological polar surface area (TPSA) is 29.3 Å². The van der Waals surface area contributed by atoms with Crippen molar-refractivity contribution in [1.82, 2.24) is 4.90 Å². The molecule has 3 rings (SSSR count). The molecule has 3 nitrogen and oxygen atoms in total. The Hall–Kier alpha value is -0.990. The van der Waals surface area contributed by atoms with Gasteiger partial charge in [0, 0.05) is 0 Å². The number of hydrogen-bond acceptors (Lipinski definition) is 2. The molecule has 0 aromatic carbocycles. The predicted octanol–water partition coefficient (Wildman–Crippen LogP) is 2.47. The Bertz CT molecular complexity index is 311. The minimum absolute atomic E-state index is 0.134. The van der Waals surface area contributed by atoms with E-state index in [1.807, 2.05) is 4.90 Å². The summed E-state index contributed by atoms with van der Waals surface area (Å²) in [6.45, 7) is 0. The number of hydrogen-bond donors (Lipinski definition) is 0. The van der Waals surface area contributed by atoms with Gasteiger partial charge in [0.1, 0.15) is 0 Å². The van der Waals surface area contributed by atoms with Crippen molar-refractivity contribution < 1.29 is 9.53 Å². The first-order valence-corrected chi connectivity index (χ1v) is 5.87. The second kappa shape index (κ2) is 3.26. The first-order chi connectivity index (χ1) is 7.31. The van der Waals surface area contributed by atoms with E-state index < -0.39 is 0 Å². The van der Waals surface area contributed by atoms with Crippen LogP contribution in [0.5, 0.6) is 0 Å². The van der Waals surface area contributed by atoms with Gasteiger partial charge in [0.2, 0.25) is 0 Å². The van der Waals surface area contributed by atoms with E-state index >= 15 is 0 Å². The molecule has 1 heterocycles. The Kier molecular flexibility index (Phi) is 2.01. The molecule has 1 amide bonds. The van der Waals surface area contributed by atoms with Gasteiger partial charge in [0.25, 0.3) is 0 Å². The van der Waals surface area contributed by atoms with Crippen molar-refractivity contribution in [3.63, 3.8) is 0 Å². The number of rotatable bonds is 0. The van der Waals surface area contributed by atoms with Gasteiger partial charge >= 0.3 is 6.09 Å². The fourth-order valence-corrected chi connectivity index (χ4v) is 3.21. The van der Waals surface area contributed by atoms with Gasteiger partial charge in [-0.1, -0.05) is 11.1 Å². The normalized spacial score (nSPS) is 33.3. The molecular formula is C12H17NO2. The van der Waals surface area contributed by atoms with Crippen LogP contribution < -0.4 is 0 Å². The molecule has 0 radical (unpaired) electrons. The molecule has 2 atom stereocenters. The number of fused-ring (bicyclic) bond motifs is 1. The van der Waals surface area contributed by atoms with Gasteiger partial charge < -0.3 is 4.74 Å². The molecule has 0 bridgehead atoms. The van der Waals surface area contributed by atoms with E-state index in [9.17, 15) is 4.79 Å². The van der Waals surface area contributed by atoms with Crippen molar-refractivity contribution in [2.45, 2.75) is 50.6 Å².